The Kier molecular flexibility index (Phi) is 8.99. The van der Waals surface area contributed by atoms with Crippen molar-refractivity contribution in [1.29, 1.82) is 0 Å². The highest BCUT2D eigenvalue weighted by atomic mass is 19.1. The summed E-state index contributed by atoms with van der Waals surface area (Å²) in [4.78, 5) is 34.5. The molecule has 0 heterocycles. The number of carboxylic acids is 1. The normalized spacial score (nSPS) is 11.4. The van der Waals surface area contributed by atoms with Crippen molar-refractivity contribution in [2.45, 2.75) is 45.2 Å². The Morgan fingerprint density at radius 1 is 1.16 bits per heavy atom. The van der Waals surface area contributed by atoms with Gasteiger partial charge in [0.15, 0.2) is 0 Å². The van der Waals surface area contributed by atoms with Crippen LogP contribution in [0.5, 0.6) is 0 Å². The van der Waals surface area contributed by atoms with Crippen LogP contribution < -0.4 is 16.0 Å². The third kappa shape index (κ3) is 8.69. The second-order valence-corrected chi connectivity index (χ2v) is 5.58. The first kappa shape index (κ1) is 20.4. The van der Waals surface area contributed by atoms with Gasteiger partial charge in [-0.05, 0) is 30.5 Å². The molecule has 7 nitrogen and oxygen atoms in total. The monoisotopic (exact) mass is 353 g/mol. The van der Waals surface area contributed by atoms with Crippen LogP contribution in [-0.2, 0) is 16.1 Å². The van der Waals surface area contributed by atoms with Crippen LogP contribution in [0.1, 0.15) is 38.2 Å². The standard InChI is InChI=1S/C17H24FN3O4/c1-2-4-14(16(24)19-10-3-5-15(22)23)21-17(25)20-11-12-6-8-13(18)9-7-12/h6-9,14H,2-5,10-11H2,1H3,(H,19,24)(H,22,23)(H2,20,21,25). The molecule has 0 radical (unpaired) electrons. The number of amides is 3. The van der Waals surface area contributed by atoms with Crippen molar-refractivity contribution >= 4 is 17.9 Å². The fourth-order valence-corrected chi connectivity index (χ4v) is 2.13. The summed E-state index contributed by atoms with van der Waals surface area (Å²) in [6.45, 7) is 2.35. The minimum atomic E-state index is -0.919. The molecule has 0 aliphatic rings. The minimum absolute atomic E-state index is 0.0235. The predicted octanol–water partition coefficient (Wildman–Crippen LogP) is 1.77. The maximum absolute atomic E-state index is 12.8. The van der Waals surface area contributed by atoms with E-state index in [2.05, 4.69) is 16.0 Å². The lowest BCUT2D eigenvalue weighted by Gasteiger charge is -2.18. The zero-order valence-corrected chi connectivity index (χ0v) is 14.2. The molecule has 1 aromatic rings. The Morgan fingerprint density at radius 3 is 2.44 bits per heavy atom. The number of carbonyl (C=O) groups excluding carboxylic acids is 2. The van der Waals surface area contributed by atoms with Crippen molar-refractivity contribution in [2.75, 3.05) is 6.54 Å². The first-order valence-electron chi connectivity index (χ1n) is 8.20. The molecule has 138 valence electrons. The Hall–Kier alpha value is -2.64. The quantitative estimate of drug-likeness (QED) is 0.481. The van der Waals surface area contributed by atoms with Crippen molar-refractivity contribution < 1.29 is 23.9 Å². The molecule has 0 bridgehead atoms. The first-order chi connectivity index (χ1) is 11.9. The van der Waals surface area contributed by atoms with Gasteiger partial charge in [0.2, 0.25) is 5.91 Å². The molecule has 1 rings (SSSR count). The summed E-state index contributed by atoms with van der Waals surface area (Å²) in [7, 11) is 0. The average molecular weight is 353 g/mol. The highest BCUT2D eigenvalue weighted by molar-refractivity contribution is 5.87. The van der Waals surface area contributed by atoms with Crippen molar-refractivity contribution in [3.8, 4) is 0 Å². The molecule has 0 aliphatic carbocycles. The summed E-state index contributed by atoms with van der Waals surface area (Å²) >= 11 is 0. The molecule has 1 unspecified atom stereocenters. The summed E-state index contributed by atoms with van der Waals surface area (Å²) in [6.07, 6.45) is 1.47. The van der Waals surface area contributed by atoms with E-state index in [0.717, 1.165) is 5.56 Å². The van der Waals surface area contributed by atoms with Gasteiger partial charge in [0.1, 0.15) is 11.9 Å². The van der Waals surface area contributed by atoms with Gasteiger partial charge < -0.3 is 21.1 Å². The lowest BCUT2D eigenvalue weighted by molar-refractivity contribution is -0.137. The molecule has 3 amide bonds. The van der Waals surface area contributed by atoms with Crippen LogP contribution in [0, 0.1) is 5.82 Å². The molecule has 0 aliphatic heterocycles. The van der Waals surface area contributed by atoms with E-state index in [1.807, 2.05) is 6.92 Å². The van der Waals surface area contributed by atoms with Gasteiger partial charge in [-0.25, -0.2) is 9.18 Å². The molecule has 8 heteroatoms. The van der Waals surface area contributed by atoms with E-state index in [9.17, 15) is 18.8 Å². The van der Waals surface area contributed by atoms with Crippen molar-refractivity contribution in [3.63, 3.8) is 0 Å². The Bertz CT molecular complexity index is 578. The molecule has 1 aromatic carbocycles. The summed E-state index contributed by atoms with van der Waals surface area (Å²) in [6, 6.07) is 4.55. The van der Waals surface area contributed by atoms with Gasteiger partial charge in [-0.2, -0.15) is 0 Å². The highest BCUT2D eigenvalue weighted by Crippen LogP contribution is 2.02. The zero-order valence-electron chi connectivity index (χ0n) is 14.2. The van der Waals surface area contributed by atoms with Gasteiger partial charge >= 0.3 is 12.0 Å². The van der Waals surface area contributed by atoms with E-state index in [1.54, 1.807) is 12.1 Å². The molecule has 0 spiro atoms. The second-order valence-electron chi connectivity index (χ2n) is 5.58. The number of nitrogens with one attached hydrogen (secondary N) is 3. The summed E-state index contributed by atoms with van der Waals surface area (Å²) in [5.41, 5.74) is 0.738. The Balaban J connectivity index is 2.41. The Labute approximate surface area is 146 Å². The van der Waals surface area contributed by atoms with E-state index in [4.69, 9.17) is 5.11 Å². The van der Waals surface area contributed by atoms with E-state index in [1.165, 1.54) is 12.1 Å². The van der Waals surface area contributed by atoms with Crippen molar-refractivity contribution in [2.24, 2.45) is 0 Å². The van der Waals surface area contributed by atoms with Crippen LogP contribution in [0.3, 0.4) is 0 Å². The number of hydrogen-bond donors (Lipinski definition) is 4. The molecule has 0 saturated heterocycles. The van der Waals surface area contributed by atoms with E-state index in [-0.39, 0.29) is 31.2 Å². The summed E-state index contributed by atoms with van der Waals surface area (Å²) in [5, 5.41) is 16.4. The van der Waals surface area contributed by atoms with Crippen molar-refractivity contribution in [3.05, 3.63) is 35.6 Å². The van der Waals surface area contributed by atoms with E-state index < -0.39 is 18.0 Å². The van der Waals surface area contributed by atoms with E-state index in [0.29, 0.717) is 19.3 Å². The molecule has 0 saturated carbocycles. The fraction of sp³-hybridized carbons (Fsp3) is 0.471. The predicted molar refractivity (Wildman–Crippen MR) is 90.3 cm³/mol. The maximum atomic E-state index is 12.8. The fourth-order valence-electron chi connectivity index (χ4n) is 2.13. The van der Waals surface area contributed by atoms with Crippen molar-refractivity contribution in [1.82, 2.24) is 16.0 Å². The molecule has 1 atom stereocenters. The second kappa shape index (κ2) is 11.0. The largest absolute Gasteiger partial charge is 0.481 e. The van der Waals surface area contributed by atoms with Crippen LogP contribution in [0.25, 0.3) is 0 Å². The molecule has 0 aromatic heterocycles. The summed E-state index contributed by atoms with van der Waals surface area (Å²) < 4.78 is 12.8. The van der Waals surface area contributed by atoms with Gasteiger partial charge in [-0.1, -0.05) is 25.5 Å². The van der Waals surface area contributed by atoms with Gasteiger partial charge in [-0.15, -0.1) is 0 Å². The number of benzene rings is 1. The third-order valence-electron chi connectivity index (χ3n) is 3.43. The molecule has 4 N–H and O–H groups in total. The lowest BCUT2D eigenvalue weighted by atomic mass is 10.1. The number of carboxylic acid groups (broad SMARTS) is 1. The minimum Gasteiger partial charge on any atom is -0.481 e. The zero-order chi connectivity index (χ0) is 18.7. The maximum Gasteiger partial charge on any atom is 0.315 e. The van der Waals surface area contributed by atoms with Crippen LogP contribution in [-0.4, -0.2) is 35.6 Å². The lowest BCUT2D eigenvalue weighted by Crippen LogP contribution is -2.50. The van der Waals surface area contributed by atoms with Gasteiger partial charge in [0, 0.05) is 19.5 Å². The number of aliphatic carboxylic acids is 1. The van der Waals surface area contributed by atoms with E-state index >= 15 is 0 Å². The van der Waals surface area contributed by atoms with Gasteiger partial charge in [0.25, 0.3) is 0 Å². The van der Waals surface area contributed by atoms with Gasteiger partial charge in [-0.3, -0.25) is 9.59 Å². The van der Waals surface area contributed by atoms with Gasteiger partial charge in [0.05, 0.1) is 0 Å². The number of rotatable bonds is 10. The van der Waals surface area contributed by atoms with Crippen LogP contribution in [0.15, 0.2) is 24.3 Å². The number of hydrogen-bond acceptors (Lipinski definition) is 3. The SMILES string of the molecule is CCCC(NC(=O)NCc1ccc(F)cc1)C(=O)NCCCC(=O)O. The number of carbonyl (C=O) groups is 3. The average Bonchev–Trinajstić information content (AvgIpc) is 2.57. The molecule has 25 heavy (non-hydrogen) atoms. The topological polar surface area (TPSA) is 108 Å². The Morgan fingerprint density at radius 2 is 1.84 bits per heavy atom. The number of halogens is 1. The first-order valence-corrected chi connectivity index (χ1v) is 8.20. The van der Waals surface area contributed by atoms with Crippen LogP contribution in [0.4, 0.5) is 9.18 Å². The molecular formula is C17H24FN3O4. The van der Waals surface area contributed by atoms with Crippen LogP contribution in [0.2, 0.25) is 0 Å². The number of urea groups is 1. The molecule has 0 fully saturated rings. The smallest absolute Gasteiger partial charge is 0.315 e. The molecular weight excluding hydrogens is 329 g/mol. The third-order valence-corrected chi connectivity index (χ3v) is 3.43. The van der Waals surface area contributed by atoms with Crippen LogP contribution >= 0.6 is 0 Å². The summed E-state index contributed by atoms with van der Waals surface area (Å²) in [5.74, 6) is -1.61. The highest BCUT2D eigenvalue weighted by Gasteiger charge is 2.19.